The van der Waals surface area contributed by atoms with Crippen LogP contribution in [0.4, 0.5) is 0 Å². The molecule has 0 saturated heterocycles. The number of carbonyl (C=O) groups is 3. The monoisotopic (exact) mass is 382 g/mol. The van der Waals surface area contributed by atoms with Gasteiger partial charge >= 0.3 is 5.97 Å². The Balaban J connectivity index is 4.62. The number of esters is 1. The van der Waals surface area contributed by atoms with E-state index in [1.54, 1.807) is 13.8 Å². The first-order valence-corrected chi connectivity index (χ1v) is 7.26. The highest BCUT2D eigenvalue weighted by Gasteiger charge is 2.27. The summed E-state index contributed by atoms with van der Waals surface area (Å²) in [5.41, 5.74) is 0. The Bertz CT molecular complexity index is 337. The van der Waals surface area contributed by atoms with E-state index in [2.05, 4.69) is 38.4 Å². The molecule has 3 unspecified atom stereocenters. The normalized spacial score (nSPS) is 15.3. The number of halogens is 2. The van der Waals surface area contributed by atoms with E-state index in [0.717, 1.165) is 6.08 Å². The molecule has 18 heavy (non-hydrogen) atoms. The van der Waals surface area contributed by atoms with Crippen LogP contribution in [0.1, 0.15) is 20.3 Å². The summed E-state index contributed by atoms with van der Waals surface area (Å²) >= 11 is 6.31. The number of rotatable bonds is 8. The minimum atomic E-state index is -0.629. The highest BCUT2D eigenvalue weighted by molar-refractivity contribution is 9.10. The number of carbonyl (C=O) groups excluding carboxylic acids is 3. The first-order chi connectivity index (χ1) is 8.29. The van der Waals surface area contributed by atoms with Gasteiger partial charge in [0.25, 0.3) is 0 Å². The van der Waals surface area contributed by atoms with Crippen molar-refractivity contribution in [2.24, 2.45) is 5.92 Å². The summed E-state index contributed by atoms with van der Waals surface area (Å²) in [4.78, 5) is 33.7. The SMILES string of the molecule is C=CC(=O)OCC(CC(=O)C(C)Br)C(=O)C(C)Br. The van der Waals surface area contributed by atoms with Crippen LogP contribution >= 0.6 is 31.9 Å². The molecular formula is C12H16Br2O4. The Morgan fingerprint density at radius 3 is 2.17 bits per heavy atom. The van der Waals surface area contributed by atoms with Gasteiger partial charge in [0.1, 0.15) is 12.4 Å². The molecule has 3 atom stereocenters. The van der Waals surface area contributed by atoms with Crippen LogP contribution in [0, 0.1) is 5.92 Å². The maximum Gasteiger partial charge on any atom is 0.330 e. The van der Waals surface area contributed by atoms with E-state index in [9.17, 15) is 14.4 Å². The molecule has 0 rings (SSSR count). The molecule has 0 amide bonds. The molecule has 0 radical (unpaired) electrons. The van der Waals surface area contributed by atoms with Crippen LogP contribution in [-0.4, -0.2) is 33.8 Å². The van der Waals surface area contributed by atoms with Crippen molar-refractivity contribution >= 4 is 49.4 Å². The van der Waals surface area contributed by atoms with Crippen LogP contribution < -0.4 is 0 Å². The predicted octanol–water partition coefficient (Wildman–Crippen LogP) is 2.43. The van der Waals surface area contributed by atoms with E-state index in [-0.39, 0.29) is 34.2 Å². The van der Waals surface area contributed by atoms with E-state index in [1.807, 2.05) is 0 Å². The predicted molar refractivity (Wildman–Crippen MR) is 76.1 cm³/mol. The molecule has 0 fully saturated rings. The molecule has 102 valence electrons. The third kappa shape index (κ3) is 6.44. The van der Waals surface area contributed by atoms with Crippen molar-refractivity contribution in [2.75, 3.05) is 6.61 Å². The second kappa shape index (κ2) is 8.58. The molecule has 0 aliphatic rings. The average Bonchev–Trinajstić information content (AvgIpc) is 2.32. The van der Waals surface area contributed by atoms with E-state index in [4.69, 9.17) is 4.74 Å². The fourth-order valence-corrected chi connectivity index (χ4v) is 1.77. The van der Waals surface area contributed by atoms with Gasteiger partial charge in [-0.1, -0.05) is 38.4 Å². The molecular weight excluding hydrogens is 368 g/mol. The zero-order chi connectivity index (χ0) is 14.3. The summed E-state index contributed by atoms with van der Waals surface area (Å²) in [6.45, 7) is 6.52. The maximum absolute atomic E-state index is 11.9. The molecule has 0 bridgehead atoms. The van der Waals surface area contributed by atoms with Gasteiger partial charge in [0.2, 0.25) is 0 Å². The zero-order valence-corrected chi connectivity index (χ0v) is 13.5. The van der Waals surface area contributed by atoms with E-state index < -0.39 is 11.9 Å². The molecule has 4 nitrogen and oxygen atoms in total. The summed E-state index contributed by atoms with van der Waals surface area (Å²) in [6, 6.07) is 0. The van der Waals surface area contributed by atoms with Gasteiger partial charge in [0, 0.05) is 12.5 Å². The number of Topliss-reactive ketones (excluding diaryl/α,β-unsaturated/α-hetero) is 2. The fraction of sp³-hybridized carbons (Fsp3) is 0.583. The quantitative estimate of drug-likeness (QED) is 0.367. The standard InChI is InChI=1S/C12H16Br2O4/c1-4-11(16)18-6-9(12(17)8(3)14)5-10(15)7(2)13/h4,7-9H,1,5-6H2,2-3H3. The fourth-order valence-electron chi connectivity index (χ4n) is 1.21. The Kier molecular flexibility index (Phi) is 8.35. The smallest absolute Gasteiger partial charge is 0.330 e. The molecule has 0 aromatic carbocycles. The zero-order valence-electron chi connectivity index (χ0n) is 10.3. The van der Waals surface area contributed by atoms with Crippen LogP contribution in [0.3, 0.4) is 0 Å². The number of hydrogen-bond acceptors (Lipinski definition) is 4. The van der Waals surface area contributed by atoms with E-state index in [1.165, 1.54) is 0 Å². The maximum atomic E-state index is 11.9. The van der Waals surface area contributed by atoms with Crippen molar-refractivity contribution in [2.45, 2.75) is 29.9 Å². The topological polar surface area (TPSA) is 60.4 Å². The highest BCUT2D eigenvalue weighted by Crippen LogP contribution is 2.16. The van der Waals surface area contributed by atoms with Gasteiger partial charge in [-0.25, -0.2) is 4.79 Å². The molecule has 0 spiro atoms. The Morgan fingerprint density at radius 2 is 1.78 bits per heavy atom. The first kappa shape index (κ1) is 17.5. The van der Waals surface area contributed by atoms with Crippen molar-refractivity contribution in [1.82, 2.24) is 0 Å². The Hall–Kier alpha value is -0.490. The van der Waals surface area contributed by atoms with Crippen LogP contribution in [0.25, 0.3) is 0 Å². The van der Waals surface area contributed by atoms with Crippen molar-refractivity contribution in [3.8, 4) is 0 Å². The largest absolute Gasteiger partial charge is 0.462 e. The Labute approximate surface area is 123 Å². The summed E-state index contributed by atoms with van der Waals surface area (Å²) in [5, 5.41) is 0. The summed E-state index contributed by atoms with van der Waals surface area (Å²) in [5.74, 6) is -1.49. The molecule has 0 aromatic heterocycles. The minimum absolute atomic E-state index is 0.0472. The lowest BCUT2D eigenvalue weighted by molar-refractivity contribution is -0.142. The lowest BCUT2D eigenvalue weighted by Crippen LogP contribution is -2.30. The van der Waals surface area contributed by atoms with Crippen molar-refractivity contribution < 1.29 is 19.1 Å². The van der Waals surface area contributed by atoms with Gasteiger partial charge in [-0.3, -0.25) is 9.59 Å². The third-order valence-corrected chi connectivity index (χ3v) is 3.24. The van der Waals surface area contributed by atoms with Crippen molar-refractivity contribution in [3.05, 3.63) is 12.7 Å². The van der Waals surface area contributed by atoms with Gasteiger partial charge in [0.05, 0.1) is 15.6 Å². The molecule has 0 N–H and O–H groups in total. The van der Waals surface area contributed by atoms with Gasteiger partial charge in [0.15, 0.2) is 5.78 Å². The second-order valence-electron chi connectivity index (χ2n) is 3.84. The molecule has 0 aliphatic carbocycles. The Morgan fingerprint density at radius 1 is 1.22 bits per heavy atom. The van der Waals surface area contributed by atoms with Crippen molar-refractivity contribution in [3.63, 3.8) is 0 Å². The number of hydrogen-bond donors (Lipinski definition) is 0. The van der Waals surface area contributed by atoms with E-state index >= 15 is 0 Å². The summed E-state index contributed by atoms with van der Waals surface area (Å²) in [6.07, 6.45) is 1.07. The van der Waals surface area contributed by atoms with Gasteiger partial charge in [-0.2, -0.15) is 0 Å². The molecule has 0 heterocycles. The average molecular weight is 384 g/mol. The van der Waals surface area contributed by atoms with Crippen LogP contribution in [-0.2, 0) is 19.1 Å². The highest BCUT2D eigenvalue weighted by atomic mass is 79.9. The molecule has 0 aliphatic heterocycles. The minimum Gasteiger partial charge on any atom is -0.462 e. The summed E-state index contributed by atoms with van der Waals surface area (Å²) in [7, 11) is 0. The van der Waals surface area contributed by atoms with Gasteiger partial charge in [-0.05, 0) is 13.8 Å². The molecule has 0 saturated carbocycles. The van der Waals surface area contributed by atoms with Crippen molar-refractivity contribution in [1.29, 1.82) is 0 Å². The van der Waals surface area contributed by atoms with Gasteiger partial charge in [-0.15, -0.1) is 0 Å². The number of ether oxygens (including phenoxy) is 1. The van der Waals surface area contributed by atoms with E-state index in [0.29, 0.717) is 0 Å². The van der Waals surface area contributed by atoms with Crippen LogP contribution in [0.15, 0.2) is 12.7 Å². The van der Waals surface area contributed by atoms with Gasteiger partial charge < -0.3 is 4.74 Å². The first-order valence-electron chi connectivity index (χ1n) is 5.43. The molecule has 0 aromatic rings. The lowest BCUT2D eigenvalue weighted by atomic mass is 9.96. The molecule has 6 heteroatoms. The third-order valence-electron chi connectivity index (χ3n) is 2.28. The second-order valence-corrected chi connectivity index (χ2v) is 6.58. The number of ketones is 2. The number of alkyl halides is 2. The lowest BCUT2D eigenvalue weighted by Gasteiger charge is -2.17. The van der Waals surface area contributed by atoms with Crippen LogP contribution in [0.2, 0.25) is 0 Å². The van der Waals surface area contributed by atoms with Crippen LogP contribution in [0.5, 0.6) is 0 Å². The summed E-state index contributed by atoms with van der Waals surface area (Å²) < 4.78 is 4.84.